The summed E-state index contributed by atoms with van der Waals surface area (Å²) < 4.78 is 13.0. The summed E-state index contributed by atoms with van der Waals surface area (Å²) in [4.78, 5) is 15.1. The van der Waals surface area contributed by atoms with E-state index in [0.717, 1.165) is 34.3 Å². The first-order valence-corrected chi connectivity index (χ1v) is 11.5. The van der Waals surface area contributed by atoms with Crippen LogP contribution in [0.3, 0.4) is 0 Å². The van der Waals surface area contributed by atoms with Gasteiger partial charge >= 0.3 is 0 Å². The number of amides is 1. The number of hydrogen-bond donors (Lipinski definition) is 0. The molecule has 4 nitrogen and oxygen atoms in total. The van der Waals surface area contributed by atoms with E-state index in [2.05, 4.69) is 22.9 Å². The smallest absolute Gasteiger partial charge is 0.270 e. The van der Waals surface area contributed by atoms with Gasteiger partial charge in [-0.25, -0.2) is 0 Å². The van der Waals surface area contributed by atoms with Crippen LogP contribution in [0.5, 0.6) is 11.5 Å². The zero-order chi connectivity index (χ0) is 20.8. The summed E-state index contributed by atoms with van der Waals surface area (Å²) in [6.07, 6.45) is 3.91. The molecule has 1 fully saturated rings. The summed E-state index contributed by atoms with van der Waals surface area (Å²) in [6, 6.07) is 13.3. The molecule has 0 aliphatic carbocycles. The van der Waals surface area contributed by atoms with E-state index in [4.69, 9.17) is 21.7 Å². The Morgan fingerprint density at radius 2 is 1.97 bits per heavy atom. The average molecular weight is 492 g/mol. The second-order valence-corrected chi connectivity index (χ2v) is 8.93. The molecule has 1 aliphatic rings. The third kappa shape index (κ3) is 5.41. The predicted molar refractivity (Wildman–Crippen MR) is 128 cm³/mol. The molecule has 0 N–H and O–H groups in total. The van der Waals surface area contributed by atoms with Gasteiger partial charge in [-0.1, -0.05) is 65.4 Å². The van der Waals surface area contributed by atoms with Gasteiger partial charge in [0.1, 0.15) is 0 Å². The molecule has 29 heavy (non-hydrogen) atoms. The minimum absolute atomic E-state index is 0.126. The van der Waals surface area contributed by atoms with E-state index < -0.39 is 0 Å². The lowest BCUT2D eigenvalue weighted by atomic mass is 10.1. The monoisotopic (exact) mass is 491 g/mol. The number of ether oxygens (including phenoxy) is 2. The number of thiocarbonyl (C=S) groups is 1. The van der Waals surface area contributed by atoms with Gasteiger partial charge in [0.2, 0.25) is 0 Å². The first kappa shape index (κ1) is 21.9. The van der Waals surface area contributed by atoms with Crippen molar-refractivity contribution < 1.29 is 14.3 Å². The van der Waals surface area contributed by atoms with Crippen molar-refractivity contribution in [3.05, 3.63) is 57.4 Å². The fourth-order valence-corrected chi connectivity index (χ4v) is 4.47. The summed E-state index contributed by atoms with van der Waals surface area (Å²) >= 11 is 10.2. The van der Waals surface area contributed by atoms with Gasteiger partial charge < -0.3 is 9.47 Å². The Hall–Kier alpha value is -1.83. The van der Waals surface area contributed by atoms with Gasteiger partial charge in [-0.2, -0.15) is 0 Å². The normalized spacial score (nSPS) is 15.3. The molecule has 0 atom stereocenters. The van der Waals surface area contributed by atoms with Crippen molar-refractivity contribution >= 4 is 61.9 Å². The molecule has 1 saturated heterocycles. The molecule has 152 valence electrons. The zero-order valence-electron chi connectivity index (χ0n) is 16.3. The Labute approximate surface area is 189 Å². The first-order chi connectivity index (χ1) is 14.0. The molecule has 2 aromatic rings. The van der Waals surface area contributed by atoms with Gasteiger partial charge in [0.15, 0.2) is 15.8 Å². The van der Waals surface area contributed by atoms with Gasteiger partial charge in [-0.3, -0.25) is 9.69 Å². The Morgan fingerprint density at radius 3 is 2.69 bits per heavy atom. The number of thioether (sulfide) groups is 1. The molecule has 0 saturated carbocycles. The maximum absolute atomic E-state index is 13.0. The predicted octanol–water partition coefficient (Wildman–Crippen LogP) is 6.43. The molecule has 1 amide bonds. The van der Waals surface area contributed by atoms with Crippen LogP contribution in [-0.4, -0.2) is 23.4 Å². The van der Waals surface area contributed by atoms with Crippen LogP contribution in [0.4, 0.5) is 5.69 Å². The third-order valence-electron chi connectivity index (χ3n) is 4.18. The first-order valence-electron chi connectivity index (χ1n) is 9.46. The lowest BCUT2D eigenvalue weighted by Crippen LogP contribution is -2.27. The summed E-state index contributed by atoms with van der Waals surface area (Å²) in [5.74, 6) is 1.28. The van der Waals surface area contributed by atoms with Crippen LogP contribution in [0.15, 0.2) is 51.8 Å². The van der Waals surface area contributed by atoms with Crippen molar-refractivity contribution in [2.45, 2.75) is 26.7 Å². The Balaban J connectivity index is 1.84. The van der Waals surface area contributed by atoms with Gasteiger partial charge in [-0.05, 0) is 55.3 Å². The number of rotatable bonds is 8. The van der Waals surface area contributed by atoms with E-state index in [1.807, 2.05) is 55.5 Å². The minimum Gasteiger partial charge on any atom is -0.490 e. The third-order valence-corrected chi connectivity index (χ3v) is 5.98. The highest BCUT2D eigenvalue weighted by molar-refractivity contribution is 9.10. The van der Waals surface area contributed by atoms with E-state index in [0.29, 0.717) is 28.2 Å². The van der Waals surface area contributed by atoms with Gasteiger partial charge in [0, 0.05) is 4.47 Å². The topological polar surface area (TPSA) is 38.8 Å². The van der Waals surface area contributed by atoms with E-state index in [9.17, 15) is 4.79 Å². The molecule has 0 unspecified atom stereocenters. The van der Waals surface area contributed by atoms with Crippen molar-refractivity contribution in [2.24, 2.45) is 0 Å². The van der Waals surface area contributed by atoms with E-state index in [-0.39, 0.29) is 5.91 Å². The molecule has 1 heterocycles. The highest BCUT2D eigenvalue weighted by Gasteiger charge is 2.33. The second kappa shape index (κ2) is 10.3. The lowest BCUT2D eigenvalue weighted by molar-refractivity contribution is -0.113. The van der Waals surface area contributed by atoms with Crippen LogP contribution in [0.1, 0.15) is 32.3 Å². The summed E-state index contributed by atoms with van der Waals surface area (Å²) in [5.41, 5.74) is 1.62. The molecule has 3 rings (SSSR count). The number of nitrogens with zero attached hydrogens (tertiary/aromatic N) is 1. The zero-order valence-corrected chi connectivity index (χ0v) is 19.5. The van der Waals surface area contributed by atoms with Gasteiger partial charge in [0.25, 0.3) is 5.91 Å². The number of hydrogen-bond acceptors (Lipinski definition) is 5. The standard InChI is InChI=1S/C22H22BrNO3S2/c1-3-5-11-27-18-10-9-15(12-19(18)26-4-2)13-20-21(25)24(22(28)29-20)17-8-6-7-16(23)14-17/h6-10,12-14H,3-5,11H2,1-2H3/b20-13-. The average Bonchev–Trinajstić information content (AvgIpc) is 2.97. The van der Waals surface area contributed by atoms with Crippen molar-refractivity contribution in [1.82, 2.24) is 0 Å². The number of benzene rings is 2. The summed E-state index contributed by atoms with van der Waals surface area (Å²) in [6.45, 7) is 5.26. The minimum atomic E-state index is -0.126. The second-order valence-electron chi connectivity index (χ2n) is 6.34. The number of carbonyl (C=O) groups excluding carboxylic acids is 1. The molecule has 0 aromatic heterocycles. The molecule has 0 bridgehead atoms. The number of anilines is 1. The van der Waals surface area contributed by atoms with Crippen molar-refractivity contribution in [3.63, 3.8) is 0 Å². The maximum atomic E-state index is 13.0. The van der Waals surface area contributed by atoms with Crippen molar-refractivity contribution in [3.8, 4) is 11.5 Å². The van der Waals surface area contributed by atoms with Crippen LogP contribution in [0.25, 0.3) is 6.08 Å². The molecular formula is C22H22BrNO3S2. The molecule has 0 radical (unpaired) electrons. The number of carbonyl (C=O) groups is 1. The number of unbranched alkanes of at least 4 members (excludes halogenated alkanes) is 1. The van der Waals surface area contributed by atoms with Crippen LogP contribution < -0.4 is 14.4 Å². The van der Waals surface area contributed by atoms with Crippen LogP contribution in [-0.2, 0) is 4.79 Å². The largest absolute Gasteiger partial charge is 0.490 e. The highest BCUT2D eigenvalue weighted by Crippen LogP contribution is 2.37. The molecule has 0 spiro atoms. The van der Waals surface area contributed by atoms with Crippen molar-refractivity contribution in [1.29, 1.82) is 0 Å². The van der Waals surface area contributed by atoms with Crippen LogP contribution in [0, 0.1) is 0 Å². The van der Waals surface area contributed by atoms with Crippen molar-refractivity contribution in [2.75, 3.05) is 18.1 Å². The quantitative estimate of drug-likeness (QED) is 0.241. The van der Waals surface area contributed by atoms with E-state index in [1.54, 1.807) is 4.90 Å². The molecule has 7 heteroatoms. The van der Waals surface area contributed by atoms with Gasteiger partial charge in [-0.15, -0.1) is 0 Å². The Kier molecular flexibility index (Phi) is 7.75. The summed E-state index contributed by atoms with van der Waals surface area (Å²) in [7, 11) is 0. The fraction of sp³-hybridized carbons (Fsp3) is 0.273. The maximum Gasteiger partial charge on any atom is 0.270 e. The highest BCUT2D eigenvalue weighted by atomic mass is 79.9. The Morgan fingerprint density at radius 1 is 1.14 bits per heavy atom. The van der Waals surface area contributed by atoms with Gasteiger partial charge in [0.05, 0.1) is 23.8 Å². The lowest BCUT2D eigenvalue weighted by Gasteiger charge is -2.14. The molecular weight excluding hydrogens is 470 g/mol. The summed E-state index contributed by atoms with van der Waals surface area (Å²) in [5, 5.41) is 0. The van der Waals surface area contributed by atoms with Crippen LogP contribution in [0.2, 0.25) is 0 Å². The van der Waals surface area contributed by atoms with E-state index >= 15 is 0 Å². The van der Waals surface area contributed by atoms with E-state index in [1.165, 1.54) is 11.8 Å². The van der Waals surface area contributed by atoms with Crippen LogP contribution >= 0.6 is 39.9 Å². The Bertz CT molecular complexity index is 945. The SMILES string of the molecule is CCCCOc1ccc(/C=C2\SC(=S)N(c3cccc(Br)c3)C2=O)cc1OCC. The molecule has 2 aromatic carbocycles. The fourth-order valence-electron chi connectivity index (χ4n) is 2.79. The molecule has 1 aliphatic heterocycles. The number of halogens is 1.